The monoisotopic (exact) mass is 296 g/mol. The van der Waals surface area contributed by atoms with E-state index in [2.05, 4.69) is 46.3 Å². The molecular formula is C13H13BrOS. The summed E-state index contributed by atoms with van der Waals surface area (Å²) in [6, 6.07) is 10.5. The fraction of sp³-hybridized carbons (Fsp3) is 0.385. The lowest BCUT2D eigenvalue weighted by Crippen LogP contribution is -2.49. The van der Waals surface area contributed by atoms with E-state index >= 15 is 0 Å². The van der Waals surface area contributed by atoms with Crippen molar-refractivity contribution >= 4 is 27.7 Å². The van der Waals surface area contributed by atoms with Gasteiger partial charge >= 0.3 is 0 Å². The molecule has 0 saturated heterocycles. The minimum atomic E-state index is -0.286. The van der Waals surface area contributed by atoms with E-state index in [-0.39, 0.29) is 6.10 Å². The summed E-state index contributed by atoms with van der Waals surface area (Å²) in [7, 11) is 0. The standard InChI is InChI=1S/C13H13BrOS/c14-11-7-8-6-10(12(11)15)13(8)16-9-4-2-1-3-5-9/h1-5,7-8,10,12-13,15H,6H2/t8-,10+,12+,13+/m0/s1. The number of aliphatic hydroxyl groups is 1. The third-order valence-corrected chi connectivity index (χ3v) is 5.71. The molecule has 0 heterocycles. The second kappa shape index (κ2) is 4.21. The normalized spacial score (nSPS) is 36.5. The van der Waals surface area contributed by atoms with Crippen LogP contribution in [0.15, 0.2) is 45.8 Å². The highest BCUT2D eigenvalue weighted by Gasteiger charge is 2.48. The molecule has 1 nitrogen and oxygen atoms in total. The minimum absolute atomic E-state index is 0.286. The third kappa shape index (κ3) is 1.75. The van der Waals surface area contributed by atoms with Gasteiger partial charge in [-0.15, -0.1) is 11.8 Å². The zero-order chi connectivity index (χ0) is 11.1. The Morgan fingerprint density at radius 1 is 1.25 bits per heavy atom. The molecule has 1 saturated carbocycles. The number of benzene rings is 1. The molecule has 3 heteroatoms. The Morgan fingerprint density at radius 3 is 2.69 bits per heavy atom. The number of hydrogen-bond acceptors (Lipinski definition) is 2. The largest absolute Gasteiger partial charge is 0.388 e. The number of aliphatic hydroxyl groups excluding tert-OH is 1. The molecule has 1 N–H and O–H groups in total. The highest BCUT2D eigenvalue weighted by molar-refractivity contribution is 9.11. The number of hydrogen-bond donors (Lipinski definition) is 1. The van der Waals surface area contributed by atoms with Crippen LogP contribution in [0.25, 0.3) is 0 Å². The summed E-state index contributed by atoms with van der Waals surface area (Å²) < 4.78 is 0.985. The zero-order valence-electron chi connectivity index (χ0n) is 8.71. The molecule has 0 radical (unpaired) electrons. The summed E-state index contributed by atoms with van der Waals surface area (Å²) in [5, 5.41) is 10.6. The van der Waals surface area contributed by atoms with Crippen molar-refractivity contribution in [3.05, 3.63) is 40.9 Å². The molecule has 0 aliphatic heterocycles. The van der Waals surface area contributed by atoms with E-state index in [0.717, 1.165) is 10.9 Å². The van der Waals surface area contributed by atoms with Crippen LogP contribution in [-0.4, -0.2) is 16.5 Å². The maximum absolute atomic E-state index is 10.0. The SMILES string of the molecule is O[C@H]1C(Br)=C[C@@H]2C[C@H]1[C@@H]2Sc1ccccc1. The lowest BCUT2D eigenvalue weighted by atomic mass is 9.67. The first-order valence-electron chi connectivity index (χ1n) is 5.52. The van der Waals surface area contributed by atoms with Gasteiger partial charge in [0.25, 0.3) is 0 Å². The summed E-state index contributed by atoms with van der Waals surface area (Å²) in [5.74, 6) is 1.06. The summed E-state index contributed by atoms with van der Waals surface area (Å²) in [5.41, 5.74) is 0. The van der Waals surface area contributed by atoms with Crippen molar-refractivity contribution in [2.24, 2.45) is 11.8 Å². The lowest BCUT2D eigenvalue weighted by molar-refractivity contribution is 0.0650. The Hall–Kier alpha value is -0.250. The van der Waals surface area contributed by atoms with Gasteiger partial charge in [-0.1, -0.05) is 40.2 Å². The zero-order valence-corrected chi connectivity index (χ0v) is 11.1. The molecular weight excluding hydrogens is 284 g/mol. The van der Waals surface area contributed by atoms with Gasteiger partial charge < -0.3 is 5.11 Å². The molecule has 0 spiro atoms. The first-order valence-corrected chi connectivity index (χ1v) is 7.20. The van der Waals surface area contributed by atoms with Gasteiger partial charge in [0.15, 0.2) is 0 Å². The van der Waals surface area contributed by atoms with E-state index in [1.54, 1.807) is 0 Å². The van der Waals surface area contributed by atoms with Crippen LogP contribution in [0.2, 0.25) is 0 Å². The lowest BCUT2D eigenvalue weighted by Gasteiger charge is -2.49. The Balaban J connectivity index is 1.76. The van der Waals surface area contributed by atoms with Gasteiger partial charge in [-0.2, -0.15) is 0 Å². The molecule has 3 aliphatic rings. The molecule has 84 valence electrons. The fourth-order valence-electron chi connectivity index (χ4n) is 2.51. The molecule has 0 amide bonds. The number of thioether (sulfide) groups is 1. The van der Waals surface area contributed by atoms with Crippen molar-refractivity contribution in [3.8, 4) is 0 Å². The van der Waals surface area contributed by atoms with Crippen LogP contribution in [0, 0.1) is 11.8 Å². The highest BCUT2D eigenvalue weighted by Crippen LogP contribution is 2.53. The average molecular weight is 297 g/mol. The Morgan fingerprint density at radius 2 is 2.00 bits per heavy atom. The third-order valence-electron chi connectivity index (χ3n) is 3.47. The summed E-state index contributed by atoms with van der Waals surface area (Å²) in [4.78, 5) is 1.31. The van der Waals surface area contributed by atoms with Gasteiger partial charge in [-0.3, -0.25) is 0 Å². The second-order valence-electron chi connectivity index (χ2n) is 4.46. The maximum Gasteiger partial charge on any atom is 0.0890 e. The number of fused-ring (bicyclic) bond motifs is 1. The van der Waals surface area contributed by atoms with Crippen LogP contribution in [0.5, 0.6) is 0 Å². The van der Waals surface area contributed by atoms with Gasteiger partial charge in [0, 0.05) is 20.5 Å². The van der Waals surface area contributed by atoms with Crippen LogP contribution >= 0.6 is 27.7 Å². The van der Waals surface area contributed by atoms with E-state index in [1.807, 2.05) is 17.8 Å². The van der Waals surface area contributed by atoms with Crippen molar-refractivity contribution in [2.75, 3.05) is 0 Å². The molecule has 4 rings (SSSR count). The van der Waals surface area contributed by atoms with Gasteiger partial charge in [0.1, 0.15) is 0 Å². The predicted molar refractivity (Wildman–Crippen MR) is 70.7 cm³/mol. The smallest absolute Gasteiger partial charge is 0.0890 e. The number of allylic oxidation sites excluding steroid dienone is 1. The molecule has 16 heavy (non-hydrogen) atoms. The van der Waals surface area contributed by atoms with Crippen LogP contribution in [0.1, 0.15) is 6.42 Å². The van der Waals surface area contributed by atoms with E-state index < -0.39 is 0 Å². The molecule has 1 fully saturated rings. The summed E-state index contributed by atoms with van der Waals surface area (Å²) in [6.07, 6.45) is 3.04. The number of halogens is 1. The van der Waals surface area contributed by atoms with Crippen LogP contribution in [0.4, 0.5) is 0 Å². The van der Waals surface area contributed by atoms with Crippen LogP contribution < -0.4 is 0 Å². The summed E-state index contributed by atoms with van der Waals surface area (Å²) >= 11 is 5.34. The summed E-state index contributed by atoms with van der Waals surface area (Å²) in [6.45, 7) is 0. The maximum atomic E-state index is 10.0. The topological polar surface area (TPSA) is 20.2 Å². The van der Waals surface area contributed by atoms with Gasteiger partial charge in [-0.25, -0.2) is 0 Å². The Bertz CT molecular complexity index is 417. The van der Waals surface area contributed by atoms with E-state index in [4.69, 9.17) is 0 Å². The molecule has 2 bridgehead atoms. The predicted octanol–water partition coefficient (Wildman–Crippen LogP) is 3.44. The first kappa shape index (κ1) is 10.9. The van der Waals surface area contributed by atoms with Crippen molar-refractivity contribution in [2.45, 2.75) is 22.7 Å². The van der Waals surface area contributed by atoms with Crippen molar-refractivity contribution in [1.29, 1.82) is 0 Å². The Labute approximate surface area is 108 Å². The Kier molecular flexibility index (Phi) is 2.86. The molecule has 4 atom stereocenters. The van der Waals surface area contributed by atoms with Gasteiger partial charge in [0.05, 0.1) is 6.10 Å². The molecule has 0 aromatic heterocycles. The van der Waals surface area contributed by atoms with E-state index in [9.17, 15) is 5.11 Å². The second-order valence-corrected chi connectivity index (χ2v) is 6.62. The molecule has 1 aromatic rings. The fourth-order valence-corrected chi connectivity index (χ4v) is 4.62. The van der Waals surface area contributed by atoms with Gasteiger partial charge in [0.2, 0.25) is 0 Å². The van der Waals surface area contributed by atoms with Crippen molar-refractivity contribution < 1.29 is 5.11 Å². The van der Waals surface area contributed by atoms with E-state index in [1.165, 1.54) is 4.90 Å². The van der Waals surface area contributed by atoms with Crippen molar-refractivity contribution in [3.63, 3.8) is 0 Å². The average Bonchev–Trinajstić information content (AvgIpc) is 2.30. The molecule has 3 aliphatic carbocycles. The van der Waals surface area contributed by atoms with E-state index in [0.29, 0.717) is 17.1 Å². The minimum Gasteiger partial charge on any atom is -0.388 e. The van der Waals surface area contributed by atoms with Crippen LogP contribution in [-0.2, 0) is 0 Å². The molecule has 0 unspecified atom stereocenters. The quantitative estimate of drug-likeness (QED) is 0.902. The molecule has 1 aromatic carbocycles. The van der Waals surface area contributed by atoms with Crippen molar-refractivity contribution in [1.82, 2.24) is 0 Å². The number of rotatable bonds is 2. The van der Waals surface area contributed by atoms with Crippen LogP contribution in [0.3, 0.4) is 0 Å². The van der Waals surface area contributed by atoms with Gasteiger partial charge in [-0.05, 0) is 24.5 Å². The highest BCUT2D eigenvalue weighted by atomic mass is 79.9. The first-order chi connectivity index (χ1) is 7.75.